The number of benzene rings is 1. The Hall–Kier alpha value is -2.56. The summed E-state index contributed by atoms with van der Waals surface area (Å²) in [4.78, 5) is 21.3. The van der Waals surface area contributed by atoms with Crippen molar-refractivity contribution in [2.24, 2.45) is 0 Å². The Morgan fingerprint density at radius 1 is 1.25 bits per heavy atom. The van der Waals surface area contributed by atoms with Crippen LogP contribution >= 0.6 is 0 Å². The lowest BCUT2D eigenvalue weighted by Crippen LogP contribution is -2.47. The highest BCUT2D eigenvalue weighted by Gasteiger charge is 2.27. The van der Waals surface area contributed by atoms with Crippen molar-refractivity contribution in [1.82, 2.24) is 15.2 Å². The van der Waals surface area contributed by atoms with Gasteiger partial charge < -0.3 is 15.1 Å². The van der Waals surface area contributed by atoms with Crippen molar-refractivity contribution in [3.8, 4) is 0 Å². The van der Waals surface area contributed by atoms with Crippen LogP contribution in [0.25, 0.3) is 0 Å². The first-order valence-corrected chi connectivity index (χ1v) is 8.33. The molecule has 1 aliphatic rings. The number of urea groups is 1. The summed E-state index contributed by atoms with van der Waals surface area (Å²) in [5.41, 5.74) is 3.23. The van der Waals surface area contributed by atoms with Crippen molar-refractivity contribution < 1.29 is 4.79 Å². The second-order valence-electron chi connectivity index (χ2n) is 6.41. The highest BCUT2D eigenvalue weighted by atomic mass is 16.2. The van der Waals surface area contributed by atoms with Gasteiger partial charge in [-0.25, -0.2) is 4.79 Å². The Morgan fingerprint density at radius 3 is 2.75 bits per heavy atom. The standard InChI is InChI=1S/C19H24N4O/c1-14-12-22(3)18-10-5-4-8-16(18)13-23(14)19(24)21-15(2)17-9-6-7-11-20-17/h4-11,14-15H,12-13H2,1-3H3,(H,21,24)/t14-,15-/m1/s1. The zero-order chi connectivity index (χ0) is 17.1. The molecule has 0 radical (unpaired) electrons. The molecule has 2 atom stereocenters. The molecule has 1 N–H and O–H groups in total. The smallest absolute Gasteiger partial charge is 0.318 e. The van der Waals surface area contributed by atoms with Gasteiger partial charge in [-0.1, -0.05) is 24.3 Å². The van der Waals surface area contributed by atoms with E-state index in [1.54, 1.807) is 6.20 Å². The van der Waals surface area contributed by atoms with Crippen molar-refractivity contribution in [3.63, 3.8) is 0 Å². The monoisotopic (exact) mass is 324 g/mol. The Balaban J connectivity index is 1.77. The van der Waals surface area contributed by atoms with Gasteiger partial charge in [-0.2, -0.15) is 0 Å². The second-order valence-corrected chi connectivity index (χ2v) is 6.41. The van der Waals surface area contributed by atoms with Gasteiger partial charge in [0.2, 0.25) is 0 Å². The van der Waals surface area contributed by atoms with Crippen LogP contribution in [-0.2, 0) is 6.54 Å². The number of carbonyl (C=O) groups is 1. The molecular weight excluding hydrogens is 300 g/mol. The minimum Gasteiger partial charge on any atom is -0.372 e. The van der Waals surface area contributed by atoms with E-state index >= 15 is 0 Å². The lowest BCUT2D eigenvalue weighted by Gasteiger charge is -2.29. The Bertz CT molecular complexity index is 704. The van der Waals surface area contributed by atoms with Crippen molar-refractivity contribution in [3.05, 3.63) is 59.9 Å². The second kappa shape index (κ2) is 6.91. The summed E-state index contributed by atoms with van der Waals surface area (Å²) >= 11 is 0. The van der Waals surface area contributed by atoms with Crippen LogP contribution in [-0.4, -0.2) is 35.5 Å². The maximum atomic E-state index is 12.8. The van der Waals surface area contributed by atoms with E-state index in [2.05, 4.69) is 41.3 Å². The summed E-state index contributed by atoms with van der Waals surface area (Å²) < 4.78 is 0. The molecule has 0 spiro atoms. The third kappa shape index (κ3) is 3.35. The molecule has 0 saturated heterocycles. The normalized spacial score (nSPS) is 18.5. The molecule has 0 unspecified atom stereocenters. The fraction of sp³-hybridized carbons (Fsp3) is 0.368. The number of anilines is 1. The van der Waals surface area contributed by atoms with Crippen molar-refractivity contribution in [2.75, 3.05) is 18.5 Å². The van der Waals surface area contributed by atoms with Crippen LogP contribution in [0.4, 0.5) is 10.5 Å². The number of para-hydroxylation sites is 1. The molecule has 2 amide bonds. The number of amides is 2. The van der Waals surface area contributed by atoms with Gasteiger partial charge >= 0.3 is 6.03 Å². The average Bonchev–Trinajstić information content (AvgIpc) is 2.72. The zero-order valence-corrected chi connectivity index (χ0v) is 14.4. The number of rotatable bonds is 2. The molecule has 126 valence electrons. The molecule has 5 heteroatoms. The van der Waals surface area contributed by atoms with E-state index in [1.165, 1.54) is 11.3 Å². The Morgan fingerprint density at radius 2 is 2.00 bits per heavy atom. The van der Waals surface area contributed by atoms with Crippen molar-refractivity contribution in [1.29, 1.82) is 0 Å². The Kier molecular flexibility index (Phi) is 4.69. The van der Waals surface area contributed by atoms with Crippen molar-refractivity contribution in [2.45, 2.75) is 32.5 Å². The number of nitrogens with zero attached hydrogens (tertiary/aromatic N) is 3. The minimum atomic E-state index is -0.123. The number of aromatic nitrogens is 1. The average molecular weight is 324 g/mol. The molecular formula is C19H24N4O. The number of fused-ring (bicyclic) bond motifs is 1. The zero-order valence-electron chi connectivity index (χ0n) is 14.4. The lowest BCUT2D eigenvalue weighted by atomic mass is 10.1. The maximum Gasteiger partial charge on any atom is 0.318 e. The SMILES string of the molecule is C[C@@H]1CN(C)c2ccccc2CN1C(=O)N[C@H](C)c1ccccn1. The number of nitrogens with one attached hydrogen (secondary N) is 1. The van der Waals surface area contributed by atoms with E-state index in [0.717, 1.165) is 12.2 Å². The number of hydrogen-bond acceptors (Lipinski definition) is 3. The predicted octanol–water partition coefficient (Wildman–Crippen LogP) is 3.19. The molecule has 0 aliphatic carbocycles. The van der Waals surface area contributed by atoms with Crippen LogP contribution in [0.1, 0.15) is 31.1 Å². The van der Waals surface area contributed by atoms with Gasteiger partial charge in [0.25, 0.3) is 0 Å². The summed E-state index contributed by atoms with van der Waals surface area (Å²) in [6.45, 7) is 5.47. The molecule has 5 nitrogen and oxygen atoms in total. The van der Waals surface area contributed by atoms with Gasteiger partial charge in [0.1, 0.15) is 0 Å². The molecule has 2 heterocycles. The van der Waals surface area contributed by atoms with Crippen molar-refractivity contribution >= 4 is 11.7 Å². The molecule has 3 rings (SSSR count). The van der Waals surface area contributed by atoms with Gasteiger partial charge in [-0.3, -0.25) is 4.98 Å². The van der Waals surface area contributed by atoms with Crippen LogP contribution in [0.15, 0.2) is 48.7 Å². The molecule has 0 bridgehead atoms. The van der Waals surface area contributed by atoms with E-state index < -0.39 is 0 Å². The number of hydrogen-bond donors (Lipinski definition) is 1. The molecule has 0 saturated carbocycles. The number of carbonyl (C=O) groups excluding carboxylic acids is 1. The first kappa shape index (κ1) is 16.3. The fourth-order valence-corrected chi connectivity index (χ4v) is 3.20. The lowest BCUT2D eigenvalue weighted by molar-refractivity contribution is 0.175. The van der Waals surface area contributed by atoms with Crippen LogP contribution in [0, 0.1) is 0 Å². The van der Waals surface area contributed by atoms with Gasteiger partial charge in [-0.05, 0) is 37.6 Å². The highest BCUT2D eigenvalue weighted by Crippen LogP contribution is 2.26. The molecule has 0 fully saturated rings. The summed E-state index contributed by atoms with van der Waals surface area (Å²) in [6, 6.07) is 14.0. The Labute approximate surface area is 143 Å². The van der Waals surface area contributed by atoms with Gasteiger partial charge in [-0.15, -0.1) is 0 Å². The first-order chi connectivity index (χ1) is 11.6. The van der Waals surface area contributed by atoms with E-state index in [0.29, 0.717) is 6.54 Å². The van der Waals surface area contributed by atoms with E-state index in [4.69, 9.17) is 0 Å². The summed E-state index contributed by atoms with van der Waals surface area (Å²) in [6.07, 6.45) is 1.75. The fourth-order valence-electron chi connectivity index (χ4n) is 3.20. The maximum absolute atomic E-state index is 12.8. The van der Waals surface area contributed by atoms with Crippen LogP contribution in [0.3, 0.4) is 0 Å². The third-order valence-corrected chi connectivity index (χ3v) is 4.55. The van der Waals surface area contributed by atoms with E-state index in [-0.39, 0.29) is 18.1 Å². The molecule has 1 aliphatic heterocycles. The van der Waals surface area contributed by atoms with Gasteiger partial charge in [0.15, 0.2) is 0 Å². The molecule has 1 aromatic carbocycles. The quantitative estimate of drug-likeness (QED) is 0.923. The third-order valence-electron chi connectivity index (χ3n) is 4.55. The largest absolute Gasteiger partial charge is 0.372 e. The van der Waals surface area contributed by atoms with E-state index in [9.17, 15) is 4.79 Å². The summed E-state index contributed by atoms with van der Waals surface area (Å²) in [7, 11) is 2.08. The van der Waals surface area contributed by atoms with Gasteiger partial charge in [0, 0.05) is 38.1 Å². The first-order valence-electron chi connectivity index (χ1n) is 8.33. The van der Waals surface area contributed by atoms with Crippen LogP contribution < -0.4 is 10.2 Å². The topological polar surface area (TPSA) is 48.5 Å². The molecule has 2 aromatic rings. The van der Waals surface area contributed by atoms with Crippen LogP contribution in [0.5, 0.6) is 0 Å². The number of likely N-dealkylation sites (N-methyl/N-ethyl adjacent to an activating group) is 1. The number of pyridine rings is 1. The minimum absolute atomic E-state index is 0.0502. The summed E-state index contributed by atoms with van der Waals surface area (Å²) in [5, 5.41) is 3.08. The predicted molar refractivity (Wildman–Crippen MR) is 95.9 cm³/mol. The summed E-state index contributed by atoms with van der Waals surface area (Å²) in [5.74, 6) is 0. The molecule has 1 aromatic heterocycles. The van der Waals surface area contributed by atoms with Gasteiger partial charge in [0.05, 0.1) is 11.7 Å². The van der Waals surface area contributed by atoms with E-state index in [1.807, 2.05) is 42.2 Å². The highest BCUT2D eigenvalue weighted by molar-refractivity contribution is 5.76. The van der Waals surface area contributed by atoms with Crippen LogP contribution in [0.2, 0.25) is 0 Å². The molecule has 24 heavy (non-hydrogen) atoms.